The Hall–Kier alpha value is -2.13. The molecule has 0 radical (unpaired) electrons. The molecule has 6 rings (SSSR count). The van der Waals surface area contributed by atoms with Crippen molar-refractivity contribution >= 4 is 28.9 Å². The molecule has 1 aromatic heterocycles. The first-order valence-electron chi connectivity index (χ1n) is 11.1. The number of halogens is 2. The van der Waals surface area contributed by atoms with E-state index < -0.39 is 12.4 Å². The van der Waals surface area contributed by atoms with Crippen molar-refractivity contribution in [3.05, 3.63) is 34.7 Å². The van der Waals surface area contributed by atoms with Gasteiger partial charge < -0.3 is 19.9 Å². The monoisotopic (exact) mass is 458 g/mol. The van der Waals surface area contributed by atoms with Gasteiger partial charge in [-0.1, -0.05) is 24.4 Å². The third kappa shape index (κ3) is 3.08. The minimum absolute atomic E-state index is 0.0654. The standard InChI is InChI=1S/C23H24ClFN4O3/c1-11-23(4-2-3-5-23)14-6-12(7-16(25)19(14)27-11)18-15(24)9-26-22(29-18)28-17-8-13-10-31-21(32-13)20(17)30/h6-7,9,13,17,20-21,30H,2-5,8,10H2,1H3,(H,26,28,29)/t13-,17+,20-,21+/m0/s1. The number of ether oxygens (including phenoxy) is 2. The van der Waals surface area contributed by atoms with Gasteiger partial charge in [-0.2, -0.15) is 0 Å². The summed E-state index contributed by atoms with van der Waals surface area (Å²) >= 11 is 6.45. The van der Waals surface area contributed by atoms with Crippen molar-refractivity contribution in [2.75, 3.05) is 11.9 Å². The first-order chi connectivity index (χ1) is 15.4. The number of nitrogens with one attached hydrogen (secondary N) is 1. The summed E-state index contributed by atoms with van der Waals surface area (Å²) < 4.78 is 26.2. The average molecular weight is 459 g/mol. The van der Waals surface area contributed by atoms with Crippen molar-refractivity contribution in [2.24, 2.45) is 4.99 Å². The highest BCUT2D eigenvalue weighted by molar-refractivity contribution is 6.33. The summed E-state index contributed by atoms with van der Waals surface area (Å²) in [5, 5.41) is 14.0. The lowest BCUT2D eigenvalue weighted by molar-refractivity contribution is -0.156. The van der Waals surface area contributed by atoms with Gasteiger partial charge in [-0.15, -0.1) is 0 Å². The lowest BCUT2D eigenvalue weighted by Crippen LogP contribution is -2.48. The molecular weight excluding hydrogens is 435 g/mol. The van der Waals surface area contributed by atoms with Gasteiger partial charge in [0.1, 0.15) is 17.6 Å². The predicted octanol–water partition coefficient (Wildman–Crippen LogP) is 4.14. The third-order valence-corrected chi connectivity index (χ3v) is 7.60. The van der Waals surface area contributed by atoms with E-state index in [4.69, 9.17) is 21.1 Å². The summed E-state index contributed by atoms with van der Waals surface area (Å²) in [4.78, 5) is 13.4. The first kappa shape index (κ1) is 20.5. The fraction of sp³-hybridized carbons (Fsp3) is 0.522. The van der Waals surface area contributed by atoms with Crippen LogP contribution in [0.25, 0.3) is 11.3 Å². The van der Waals surface area contributed by atoms with Crippen molar-refractivity contribution in [1.82, 2.24) is 9.97 Å². The third-order valence-electron chi connectivity index (χ3n) is 7.32. The Morgan fingerprint density at radius 1 is 1.28 bits per heavy atom. The lowest BCUT2D eigenvalue weighted by atomic mass is 9.76. The van der Waals surface area contributed by atoms with E-state index in [0.717, 1.165) is 37.0 Å². The number of benzene rings is 1. The number of fused-ring (bicyclic) bond motifs is 4. The van der Waals surface area contributed by atoms with E-state index >= 15 is 4.39 Å². The van der Waals surface area contributed by atoms with Crippen LogP contribution in [0.2, 0.25) is 5.02 Å². The van der Waals surface area contributed by atoms with Gasteiger partial charge in [0.25, 0.3) is 0 Å². The molecule has 4 heterocycles. The molecule has 1 spiro atoms. The van der Waals surface area contributed by atoms with Gasteiger partial charge in [-0.05, 0) is 43.9 Å². The molecule has 2 aromatic rings. The zero-order valence-electron chi connectivity index (χ0n) is 17.6. The normalized spacial score (nSPS) is 29.9. The number of hydrogen-bond acceptors (Lipinski definition) is 7. The molecule has 2 bridgehead atoms. The molecule has 168 valence electrons. The van der Waals surface area contributed by atoms with Gasteiger partial charge in [0.05, 0.1) is 35.7 Å². The van der Waals surface area contributed by atoms with Crippen molar-refractivity contribution < 1.29 is 19.0 Å². The summed E-state index contributed by atoms with van der Waals surface area (Å²) in [5.74, 6) is -0.0444. The molecule has 7 nitrogen and oxygen atoms in total. The molecule has 2 saturated heterocycles. The van der Waals surface area contributed by atoms with Crippen LogP contribution in [-0.2, 0) is 14.9 Å². The number of aromatic nitrogens is 2. The molecule has 9 heteroatoms. The topological polar surface area (TPSA) is 88.9 Å². The van der Waals surface area contributed by atoms with Crippen LogP contribution in [0.3, 0.4) is 0 Å². The maximum Gasteiger partial charge on any atom is 0.223 e. The van der Waals surface area contributed by atoms with Gasteiger partial charge in [0, 0.05) is 16.7 Å². The van der Waals surface area contributed by atoms with Gasteiger partial charge in [-0.25, -0.2) is 14.4 Å². The number of anilines is 1. The van der Waals surface area contributed by atoms with Crippen LogP contribution in [0, 0.1) is 5.82 Å². The molecule has 3 fully saturated rings. The van der Waals surface area contributed by atoms with Gasteiger partial charge in [0.2, 0.25) is 5.95 Å². The van der Waals surface area contributed by atoms with Crippen molar-refractivity contribution in [3.8, 4) is 11.3 Å². The molecule has 1 aromatic carbocycles. The van der Waals surface area contributed by atoms with Crippen LogP contribution >= 0.6 is 11.6 Å². The van der Waals surface area contributed by atoms with E-state index in [9.17, 15) is 5.11 Å². The largest absolute Gasteiger partial charge is 0.386 e. The Morgan fingerprint density at radius 2 is 2.09 bits per heavy atom. The van der Waals surface area contributed by atoms with Crippen molar-refractivity contribution in [3.63, 3.8) is 0 Å². The Labute approximate surface area is 190 Å². The molecule has 3 aliphatic heterocycles. The number of aliphatic hydroxyl groups is 1. The van der Waals surface area contributed by atoms with E-state index in [1.165, 1.54) is 12.3 Å². The van der Waals surface area contributed by atoms with Crippen LogP contribution in [0.1, 0.15) is 44.6 Å². The van der Waals surface area contributed by atoms with Crippen molar-refractivity contribution in [1.29, 1.82) is 0 Å². The number of rotatable bonds is 3. The fourth-order valence-corrected chi connectivity index (χ4v) is 5.83. The zero-order chi connectivity index (χ0) is 22.0. The highest BCUT2D eigenvalue weighted by atomic mass is 35.5. The lowest BCUT2D eigenvalue weighted by Gasteiger charge is -2.32. The van der Waals surface area contributed by atoms with Crippen molar-refractivity contribution in [2.45, 2.75) is 69.0 Å². The van der Waals surface area contributed by atoms with Crippen LogP contribution < -0.4 is 5.32 Å². The second-order valence-electron chi connectivity index (χ2n) is 9.17. The van der Waals surface area contributed by atoms with E-state index in [2.05, 4.69) is 20.3 Å². The number of aliphatic imine (C=N–C) groups is 1. The second kappa shape index (κ2) is 7.45. The summed E-state index contributed by atoms with van der Waals surface area (Å²) in [6.07, 6.45) is 4.71. The fourth-order valence-electron chi connectivity index (χ4n) is 5.63. The molecule has 1 aliphatic carbocycles. The predicted molar refractivity (Wildman–Crippen MR) is 118 cm³/mol. The summed E-state index contributed by atoms with van der Waals surface area (Å²) in [6.45, 7) is 2.46. The van der Waals surface area contributed by atoms with Gasteiger partial charge >= 0.3 is 0 Å². The molecule has 32 heavy (non-hydrogen) atoms. The molecule has 4 atom stereocenters. The SMILES string of the molecule is CC1=Nc2c(F)cc(-c3nc(N[C@@H]4C[C@H]5CO[C@H](O5)[C@H]4O)ncc3Cl)cc2C12CCCC2. The van der Waals surface area contributed by atoms with Crippen LogP contribution in [-0.4, -0.2) is 51.9 Å². The van der Waals surface area contributed by atoms with E-state index in [0.29, 0.717) is 40.9 Å². The van der Waals surface area contributed by atoms with Crippen LogP contribution in [0.5, 0.6) is 0 Å². The highest BCUT2D eigenvalue weighted by Gasteiger charge is 2.45. The van der Waals surface area contributed by atoms with Crippen LogP contribution in [0.15, 0.2) is 23.3 Å². The molecule has 4 aliphatic rings. The Balaban J connectivity index is 1.35. The molecule has 0 amide bonds. The highest BCUT2D eigenvalue weighted by Crippen LogP contribution is 2.52. The molecule has 2 N–H and O–H groups in total. The summed E-state index contributed by atoms with van der Waals surface area (Å²) in [7, 11) is 0. The van der Waals surface area contributed by atoms with Crippen LogP contribution in [0.4, 0.5) is 16.0 Å². The quantitative estimate of drug-likeness (QED) is 0.718. The number of nitrogens with zero attached hydrogens (tertiary/aromatic N) is 3. The van der Waals surface area contributed by atoms with E-state index in [-0.39, 0.29) is 23.4 Å². The molecule has 1 saturated carbocycles. The maximum absolute atomic E-state index is 15.1. The molecular formula is C23H24ClFN4O3. The molecule has 0 unspecified atom stereocenters. The summed E-state index contributed by atoms with van der Waals surface area (Å²) in [5.41, 5.74) is 3.23. The maximum atomic E-state index is 15.1. The minimum atomic E-state index is -0.837. The first-order valence-corrected chi connectivity index (χ1v) is 11.5. The summed E-state index contributed by atoms with van der Waals surface area (Å²) in [6, 6.07) is 3.11. The number of aliphatic hydroxyl groups excluding tert-OH is 1. The Morgan fingerprint density at radius 3 is 2.91 bits per heavy atom. The smallest absolute Gasteiger partial charge is 0.223 e. The Bertz CT molecular complexity index is 1120. The second-order valence-corrected chi connectivity index (χ2v) is 9.57. The average Bonchev–Trinajstić information content (AvgIpc) is 3.49. The minimum Gasteiger partial charge on any atom is -0.386 e. The number of hydrogen-bond donors (Lipinski definition) is 2. The van der Waals surface area contributed by atoms with Gasteiger partial charge in [-0.3, -0.25) is 4.99 Å². The van der Waals surface area contributed by atoms with E-state index in [1.807, 2.05) is 13.0 Å². The Kier molecular flexibility index (Phi) is 4.77. The van der Waals surface area contributed by atoms with Gasteiger partial charge in [0.15, 0.2) is 6.29 Å². The zero-order valence-corrected chi connectivity index (χ0v) is 18.4. The van der Waals surface area contributed by atoms with E-state index in [1.54, 1.807) is 0 Å².